The number of alkyl halides is 1. The second kappa shape index (κ2) is 5.39. The van der Waals surface area contributed by atoms with E-state index in [1.807, 2.05) is 0 Å². The lowest BCUT2D eigenvalue weighted by Gasteiger charge is -2.11. The van der Waals surface area contributed by atoms with Crippen LogP contribution in [0, 0.1) is 0 Å². The molecule has 0 aromatic rings. The Labute approximate surface area is 56.6 Å². The first kappa shape index (κ1) is 8.25. The molecule has 0 aliphatic heterocycles. The minimum Gasteiger partial charge on any atom is -0.307 e. The molecule has 0 saturated carbocycles. The lowest BCUT2D eigenvalue weighted by Crippen LogP contribution is -2.18. The molecule has 0 aromatic carbocycles. The molecular formula is C6H14ClN. The van der Waals surface area contributed by atoms with Crippen LogP contribution in [0.25, 0.3) is 0 Å². The maximum absolute atomic E-state index is 5.48. The summed E-state index contributed by atoms with van der Waals surface area (Å²) in [5.41, 5.74) is 0. The maximum atomic E-state index is 5.48. The van der Waals surface area contributed by atoms with E-state index >= 15 is 0 Å². The Balaban J connectivity index is 2.86. The van der Waals surface area contributed by atoms with Gasteiger partial charge in [0, 0.05) is 5.88 Å². The molecule has 0 aliphatic carbocycles. The predicted molar refractivity (Wildman–Crippen MR) is 38.5 cm³/mol. The van der Waals surface area contributed by atoms with E-state index in [4.69, 9.17) is 11.6 Å². The van der Waals surface area contributed by atoms with E-state index in [-0.39, 0.29) is 0 Å². The van der Waals surface area contributed by atoms with Crippen molar-refractivity contribution in [2.45, 2.75) is 13.3 Å². The molecule has 1 nitrogen and oxygen atoms in total. The van der Waals surface area contributed by atoms with Gasteiger partial charge in [0.1, 0.15) is 0 Å². The van der Waals surface area contributed by atoms with Gasteiger partial charge in [0.05, 0.1) is 0 Å². The summed E-state index contributed by atoms with van der Waals surface area (Å²) in [6, 6.07) is 0. The Morgan fingerprint density at radius 3 is 2.50 bits per heavy atom. The van der Waals surface area contributed by atoms with Crippen LogP contribution in [0.4, 0.5) is 0 Å². The summed E-state index contributed by atoms with van der Waals surface area (Å²) in [5, 5.41) is 0. The van der Waals surface area contributed by atoms with Crippen molar-refractivity contribution in [3.05, 3.63) is 0 Å². The SMILES string of the molecule is CCN(C)CCCCl. The largest absolute Gasteiger partial charge is 0.307 e. The van der Waals surface area contributed by atoms with Gasteiger partial charge >= 0.3 is 0 Å². The average molecular weight is 136 g/mol. The van der Waals surface area contributed by atoms with Gasteiger partial charge in [0.15, 0.2) is 0 Å². The van der Waals surface area contributed by atoms with Crippen molar-refractivity contribution in [1.29, 1.82) is 0 Å². The monoisotopic (exact) mass is 135 g/mol. The highest BCUT2D eigenvalue weighted by Crippen LogP contribution is 1.87. The Hall–Kier alpha value is 0.250. The van der Waals surface area contributed by atoms with Crippen LogP contribution < -0.4 is 0 Å². The summed E-state index contributed by atoms with van der Waals surface area (Å²) in [6.45, 7) is 4.39. The molecule has 0 unspecified atom stereocenters. The van der Waals surface area contributed by atoms with Crippen LogP contribution in [0.5, 0.6) is 0 Å². The third-order valence-corrected chi connectivity index (χ3v) is 1.48. The second-order valence-corrected chi connectivity index (χ2v) is 2.32. The zero-order chi connectivity index (χ0) is 6.41. The first-order valence-corrected chi connectivity index (χ1v) is 3.59. The Morgan fingerprint density at radius 1 is 1.50 bits per heavy atom. The van der Waals surface area contributed by atoms with Crippen molar-refractivity contribution in [1.82, 2.24) is 4.90 Å². The van der Waals surface area contributed by atoms with Crippen LogP contribution in [0.15, 0.2) is 0 Å². The van der Waals surface area contributed by atoms with Gasteiger partial charge in [0.25, 0.3) is 0 Å². The fraction of sp³-hybridized carbons (Fsp3) is 1.00. The molecule has 0 aromatic heterocycles. The smallest absolute Gasteiger partial charge is 0.0235 e. The molecule has 0 aliphatic rings. The van der Waals surface area contributed by atoms with E-state index < -0.39 is 0 Å². The predicted octanol–water partition coefficient (Wildman–Crippen LogP) is 1.57. The molecular weight excluding hydrogens is 122 g/mol. The molecule has 0 radical (unpaired) electrons. The van der Waals surface area contributed by atoms with Crippen LogP contribution in [0.1, 0.15) is 13.3 Å². The minimum atomic E-state index is 0.782. The Morgan fingerprint density at radius 2 is 2.12 bits per heavy atom. The summed E-state index contributed by atoms with van der Waals surface area (Å²) in [6.07, 6.45) is 1.10. The van der Waals surface area contributed by atoms with Gasteiger partial charge in [-0.25, -0.2) is 0 Å². The molecule has 0 amide bonds. The highest BCUT2D eigenvalue weighted by atomic mass is 35.5. The molecule has 0 bridgehead atoms. The van der Waals surface area contributed by atoms with Gasteiger partial charge in [-0.05, 0) is 26.6 Å². The summed E-state index contributed by atoms with van der Waals surface area (Å²) in [4.78, 5) is 2.25. The van der Waals surface area contributed by atoms with E-state index in [9.17, 15) is 0 Å². The van der Waals surface area contributed by atoms with Gasteiger partial charge in [-0.1, -0.05) is 6.92 Å². The Kier molecular flexibility index (Phi) is 5.56. The lowest BCUT2D eigenvalue weighted by atomic mass is 10.4. The molecule has 0 fully saturated rings. The van der Waals surface area contributed by atoms with Crippen molar-refractivity contribution in [3.63, 3.8) is 0 Å². The quantitative estimate of drug-likeness (QED) is 0.529. The third kappa shape index (κ3) is 4.41. The number of rotatable bonds is 4. The van der Waals surface area contributed by atoms with Crippen molar-refractivity contribution in [2.24, 2.45) is 0 Å². The maximum Gasteiger partial charge on any atom is 0.0235 e. The molecule has 0 N–H and O–H groups in total. The summed E-state index contributed by atoms with van der Waals surface area (Å²) in [7, 11) is 2.10. The molecule has 0 rings (SSSR count). The van der Waals surface area contributed by atoms with Crippen LogP contribution in [0.2, 0.25) is 0 Å². The normalized spacial score (nSPS) is 10.5. The first-order valence-electron chi connectivity index (χ1n) is 3.05. The standard InChI is InChI=1S/C6H14ClN/c1-3-8(2)6-4-5-7/h3-6H2,1-2H3. The van der Waals surface area contributed by atoms with Gasteiger partial charge in [-0.15, -0.1) is 11.6 Å². The number of hydrogen-bond acceptors (Lipinski definition) is 1. The van der Waals surface area contributed by atoms with Gasteiger partial charge in [-0.2, -0.15) is 0 Å². The van der Waals surface area contributed by atoms with Crippen molar-refractivity contribution < 1.29 is 0 Å². The highest BCUT2D eigenvalue weighted by Gasteiger charge is 1.90. The molecule has 0 heterocycles. The highest BCUT2D eigenvalue weighted by molar-refractivity contribution is 6.17. The number of halogens is 1. The van der Waals surface area contributed by atoms with Crippen LogP contribution in [0.3, 0.4) is 0 Å². The van der Waals surface area contributed by atoms with E-state index in [1.54, 1.807) is 0 Å². The topological polar surface area (TPSA) is 3.24 Å². The van der Waals surface area contributed by atoms with Gasteiger partial charge < -0.3 is 4.90 Å². The fourth-order valence-corrected chi connectivity index (χ4v) is 0.607. The fourth-order valence-electron chi connectivity index (χ4n) is 0.488. The zero-order valence-corrected chi connectivity index (χ0v) is 6.41. The van der Waals surface area contributed by atoms with Crippen molar-refractivity contribution >= 4 is 11.6 Å². The second-order valence-electron chi connectivity index (χ2n) is 1.94. The van der Waals surface area contributed by atoms with E-state index in [1.165, 1.54) is 0 Å². The molecule has 0 saturated heterocycles. The van der Waals surface area contributed by atoms with E-state index in [0.29, 0.717) is 0 Å². The molecule has 0 atom stereocenters. The summed E-state index contributed by atoms with van der Waals surface area (Å²) in [5.74, 6) is 0.782. The van der Waals surface area contributed by atoms with Crippen molar-refractivity contribution in [3.8, 4) is 0 Å². The first-order chi connectivity index (χ1) is 3.81. The third-order valence-electron chi connectivity index (χ3n) is 1.21. The lowest BCUT2D eigenvalue weighted by molar-refractivity contribution is 0.354. The Bertz CT molecular complexity index is 47.8. The number of hydrogen-bond donors (Lipinski definition) is 0. The molecule has 50 valence electrons. The molecule has 0 spiro atoms. The van der Waals surface area contributed by atoms with Crippen LogP contribution >= 0.6 is 11.6 Å². The van der Waals surface area contributed by atoms with Crippen LogP contribution in [-0.2, 0) is 0 Å². The van der Waals surface area contributed by atoms with Gasteiger partial charge in [0.2, 0.25) is 0 Å². The average Bonchev–Trinajstić information content (AvgIpc) is 1.83. The van der Waals surface area contributed by atoms with Crippen LogP contribution in [-0.4, -0.2) is 30.9 Å². The minimum absolute atomic E-state index is 0.782. The van der Waals surface area contributed by atoms with Crippen molar-refractivity contribution in [2.75, 3.05) is 26.0 Å². The van der Waals surface area contributed by atoms with Gasteiger partial charge in [-0.3, -0.25) is 0 Å². The summed E-state index contributed by atoms with van der Waals surface area (Å²) >= 11 is 5.48. The summed E-state index contributed by atoms with van der Waals surface area (Å²) < 4.78 is 0. The number of nitrogens with zero attached hydrogens (tertiary/aromatic N) is 1. The zero-order valence-electron chi connectivity index (χ0n) is 5.65. The van der Waals surface area contributed by atoms with E-state index in [0.717, 1.165) is 25.4 Å². The van der Waals surface area contributed by atoms with E-state index in [2.05, 4.69) is 18.9 Å². The molecule has 8 heavy (non-hydrogen) atoms. The molecule has 2 heteroatoms.